The summed E-state index contributed by atoms with van der Waals surface area (Å²) in [7, 11) is 0. The molecule has 0 aliphatic heterocycles. The van der Waals surface area contributed by atoms with Crippen molar-refractivity contribution in [3.63, 3.8) is 0 Å². The second-order valence-electron chi connectivity index (χ2n) is 14.1. The molecule has 0 saturated heterocycles. The van der Waals surface area contributed by atoms with Gasteiger partial charge in [-0.3, -0.25) is 4.79 Å². The number of Topliss-reactive ketones (excluding diaryl/α,β-unsaturated/α-hetero) is 1. The SMILES string of the molecule is CCOc1nc(N)nc2ncc(-c3ccc(C(C)=O)cc3)nc12.CCOc1nc(N)nc2ncc(-c3ccc(C)c(F)c3)nc12.CCOc1nc(N)nc2ncc(-c3ccc(SC)cc3)nc12. The van der Waals surface area contributed by atoms with Crippen LogP contribution in [0, 0.1) is 12.7 Å². The number of ketones is 1. The van der Waals surface area contributed by atoms with Crippen LogP contribution in [0.4, 0.5) is 22.2 Å². The highest BCUT2D eigenvalue weighted by Gasteiger charge is 2.15. The first-order chi connectivity index (χ1) is 32.4. The molecule has 67 heavy (non-hydrogen) atoms. The van der Waals surface area contributed by atoms with Gasteiger partial charge in [0.05, 0.1) is 55.5 Å². The number of nitrogens with zero attached hydrogens (tertiary/aromatic N) is 12. The molecule has 6 N–H and O–H groups in total. The van der Waals surface area contributed by atoms with Crippen molar-refractivity contribution in [1.82, 2.24) is 59.8 Å². The summed E-state index contributed by atoms with van der Waals surface area (Å²) in [6, 6.07) is 20.2. The van der Waals surface area contributed by atoms with Crippen LogP contribution in [0.5, 0.6) is 17.6 Å². The quantitative estimate of drug-likeness (QED) is 0.0832. The molecule has 0 aliphatic carbocycles. The van der Waals surface area contributed by atoms with Crippen LogP contribution in [-0.4, -0.2) is 91.7 Å². The van der Waals surface area contributed by atoms with Gasteiger partial charge in [-0.1, -0.05) is 48.5 Å². The zero-order valence-corrected chi connectivity index (χ0v) is 38.0. The van der Waals surface area contributed by atoms with Gasteiger partial charge >= 0.3 is 0 Å². The summed E-state index contributed by atoms with van der Waals surface area (Å²) in [4.78, 5) is 63.3. The maximum atomic E-state index is 13.7. The third kappa shape index (κ3) is 11.1. The van der Waals surface area contributed by atoms with Gasteiger partial charge in [0.1, 0.15) is 5.82 Å². The Kier molecular flexibility index (Phi) is 14.7. The second-order valence-corrected chi connectivity index (χ2v) is 14.9. The van der Waals surface area contributed by atoms with Crippen LogP contribution in [0.15, 0.2) is 90.2 Å². The van der Waals surface area contributed by atoms with E-state index < -0.39 is 0 Å². The van der Waals surface area contributed by atoms with E-state index in [0.29, 0.717) is 93.2 Å². The van der Waals surface area contributed by atoms with Crippen molar-refractivity contribution < 1.29 is 23.4 Å². The largest absolute Gasteiger partial charge is 0.476 e. The molecule has 0 radical (unpaired) electrons. The molecule has 6 aromatic heterocycles. The van der Waals surface area contributed by atoms with E-state index in [9.17, 15) is 9.18 Å². The molecule has 0 unspecified atom stereocenters. The fourth-order valence-electron chi connectivity index (χ4n) is 6.21. The van der Waals surface area contributed by atoms with Gasteiger partial charge in [0.25, 0.3) is 0 Å². The number of ether oxygens (including phenoxy) is 3. The molecule has 0 atom stereocenters. The number of halogens is 1. The van der Waals surface area contributed by atoms with Crippen molar-refractivity contribution in [3.05, 3.63) is 102 Å². The molecule has 0 amide bonds. The molecular formula is C46H44FN15O4S. The molecule has 340 valence electrons. The molecular weight excluding hydrogens is 878 g/mol. The van der Waals surface area contributed by atoms with Gasteiger partial charge < -0.3 is 31.4 Å². The summed E-state index contributed by atoms with van der Waals surface area (Å²) < 4.78 is 30.1. The summed E-state index contributed by atoms with van der Waals surface area (Å²) in [5.74, 6) is 0.953. The Morgan fingerprint density at radius 3 is 1.28 bits per heavy atom. The Morgan fingerprint density at radius 2 is 0.925 bits per heavy atom. The van der Waals surface area contributed by atoms with Gasteiger partial charge in [-0.15, -0.1) is 11.8 Å². The molecule has 21 heteroatoms. The first-order valence-electron chi connectivity index (χ1n) is 20.7. The van der Waals surface area contributed by atoms with E-state index in [4.69, 9.17) is 31.4 Å². The van der Waals surface area contributed by atoms with E-state index in [-0.39, 0.29) is 35.3 Å². The Bertz CT molecular complexity index is 3220. The van der Waals surface area contributed by atoms with Crippen LogP contribution in [-0.2, 0) is 0 Å². The lowest BCUT2D eigenvalue weighted by molar-refractivity contribution is 0.101. The maximum absolute atomic E-state index is 13.7. The third-order valence-electron chi connectivity index (χ3n) is 9.46. The summed E-state index contributed by atoms with van der Waals surface area (Å²) in [6.07, 6.45) is 6.85. The summed E-state index contributed by atoms with van der Waals surface area (Å²) >= 11 is 1.70. The number of carbonyl (C=O) groups excluding carboxylic acids is 1. The van der Waals surface area contributed by atoms with Gasteiger partial charge in [0, 0.05) is 27.1 Å². The van der Waals surface area contributed by atoms with Crippen molar-refractivity contribution >= 4 is 68.9 Å². The number of nitrogens with two attached hydrogens (primary N) is 3. The van der Waals surface area contributed by atoms with Crippen LogP contribution < -0.4 is 31.4 Å². The highest BCUT2D eigenvalue weighted by atomic mass is 32.2. The van der Waals surface area contributed by atoms with E-state index >= 15 is 0 Å². The number of carbonyl (C=O) groups is 1. The highest BCUT2D eigenvalue weighted by molar-refractivity contribution is 7.98. The van der Waals surface area contributed by atoms with Crippen molar-refractivity contribution in [2.24, 2.45) is 0 Å². The van der Waals surface area contributed by atoms with Gasteiger partial charge in [-0.05, 0) is 64.6 Å². The van der Waals surface area contributed by atoms with Crippen LogP contribution >= 0.6 is 11.8 Å². The van der Waals surface area contributed by atoms with Gasteiger partial charge in [0.15, 0.2) is 39.3 Å². The molecule has 0 fully saturated rings. The van der Waals surface area contributed by atoms with Crippen LogP contribution in [0.2, 0.25) is 0 Å². The minimum absolute atomic E-state index is 0.0173. The van der Waals surface area contributed by atoms with Gasteiger partial charge in [0.2, 0.25) is 35.5 Å². The minimum atomic E-state index is -0.294. The van der Waals surface area contributed by atoms with Gasteiger partial charge in [-0.25, -0.2) is 34.3 Å². The van der Waals surface area contributed by atoms with Crippen molar-refractivity contribution in [2.75, 3.05) is 43.3 Å². The van der Waals surface area contributed by atoms with E-state index in [1.165, 1.54) is 24.1 Å². The smallest absolute Gasteiger partial charge is 0.247 e. The second kappa shape index (κ2) is 21.1. The van der Waals surface area contributed by atoms with Crippen molar-refractivity contribution in [3.8, 4) is 51.4 Å². The number of nitrogen functional groups attached to an aromatic ring is 3. The summed E-state index contributed by atoms with van der Waals surface area (Å²) in [5, 5.41) is 0. The predicted octanol–water partition coefficient (Wildman–Crippen LogP) is 7.58. The van der Waals surface area contributed by atoms with Crippen LogP contribution in [0.25, 0.3) is 67.3 Å². The highest BCUT2D eigenvalue weighted by Crippen LogP contribution is 2.28. The number of hydrogen-bond acceptors (Lipinski definition) is 20. The average Bonchev–Trinajstić information content (AvgIpc) is 3.33. The lowest BCUT2D eigenvalue weighted by Crippen LogP contribution is -2.04. The molecule has 0 saturated carbocycles. The number of fused-ring (bicyclic) bond motifs is 3. The normalized spacial score (nSPS) is 10.8. The van der Waals surface area contributed by atoms with E-state index in [1.54, 1.807) is 55.3 Å². The lowest BCUT2D eigenvalue weighted by atomic mass is 10.1. The van der Waals surface area contributed by atoms with E-state index in [0.717, 1.165) is 16.8 Å². The number of hydrogen-bond donors (Lipinski definition) is 3. The predicted molar refractivity (Wildman–Crippen MR) is 255 cm³/mol. The monoisotopic (exact) mass is 921 g/mol. The molecule has 3 aromatic carbocycles. The van der Waals surface area contributed by atoms with E-state index in [1.807, 2.05) is 51.3 Å². The topological polar surface area (TPSA) is 278 Å². The molecule has 6 heterocycles. The molecule has 0 bridgehead atoms. The number of rotatable bonds is 11. The van der Waals surface area contributed by atoms with Crippen molar-refractivity contribution in [1.29, 1.82) is 0 Å². The van der Waals surface area contributed by atoms with Crippen molar-refractivity contribution in [2.45, 2.75) is 39.5 Å². The third-order valence-corrected chi connectivity index (χ3v) is 10.2. The Balaban J connectivity index is 0.000000149. The van der Waals surface area contributed by atoms with Gasteiger partial charge in [-0.2, -0.15) is 29.9 Å². The van der Waals surface area contributed by atoms with E-state index in [2.05, 4.69) is 71.9 Å². The Hall–Kier alpha value is -8.33. The number of anilines is 3. The molecule has 9 aromatic rings. The summed E-state index contributed by atoms with van der Waals surface area (Å²) in [5.41, 5.74) is 25.0. The molecule has 9 rings (SSSR count). The number of aromatic nitrogens is 12. The number of thioether (sulfide) groups is 1. The molecule has 0 spiro atoms. The molecule has 0 aliphatic rings. The minimum Gasteiger partial charge on any atom is -0.476 e. The number of aryl methyl sites for hydroxylation is 1. The molecule has 19 nitrogen and oxygen atoms in total. The standard InChI is InChI=1S/C16H15N5O2.C15H14FN5O.C15H15N5OS/c1-3-23-15-13-14(20-16(17)21-15)18-8-12(19-13)11-6-4-10(5-7-11)9(2)22;1-3-22-14-12-13(20-15(17)21-14)18-7-11(19-12)9-5-4-8(2)10(16)6-9;1-3-21-14-12-13(19-15(16)20-14)17-8-11(18-12)9-4-6-10(22-2)7-5-9/h4-8H,3H2,1-2H3,(H2,17,18,20,21);4-7H,3H2,1-2H3,(H2,17,18,20,21);4-8H,3H2,1-2H3,(H2,16,17,19,20). The lowest BCUT2D eigenvalue weighted by Gasteiger charge is -2.08. The first kappa shape index (κ1) is 46.7. The first-order valence-corrected chi connectivity index (χ1v) is 21.9. The maximum Gasteiger partial charge on any atom is 0.247 e. The fraction of sp³-hybridized carbons (Fsp3) is 0.196. The van der Waals surface area contributed by atoms with Crippen LogP contribution in [0.3, 0.4) is 0 Å². The fourth-order valence-corrected chi connectivity index (χ4v) is 6.62. The number of benzene rings is 3. The zero-order chi connectivity index (χ0) is 47.6. The Morgan fingerprint density at radius 1 is 0.552 bits per heavy atom. The summed E-state index contributed by atoms with van der Waals surface area (Å²) in [6.45, 7) is 10.1. The Labute approximate surface area is 387 Å². The average molecular weight is 922 g/mol. The van der Waals surface area contributed by atoms with Crippen LogP contribution in [0.1, 0.15) is 43.6 Å². The zero-order valence-electron chi connectivity index (χ0n) is 37.2.